The molecule has 0 spiro atoms. The normalized spacial score (nSPS) is 14.5. The molecule has 0 rings (SSSR count). The van der Waals surface area contributed by atoms with Gasteiger partial charge in [-0.2, -0.15) is 0 Å². The van der Waals surface area contributed by atoms with E-state index in [9.17, 15) is 4.79 Å². The van der Waals surface area contributed by atoms with Crippen LogP contribution in [-0.2, 0) is 9.53 Å². The smallest absolute Gasteiger partial charge is 0.308 e. The van der Waals surface area contributed by atoms with Crippen molar-refractivity contribution in [2.24, 2.45) is 5.73 Å². The van der Waals surface area contributed by atoms with E-state index in [1.165, 1.54) is 0 Å². The Morgan fingerprint density at radius 3 is 2.46 bits per heavy atom. The van der Waals surface area contributed by atoms with E-state index in [-0.39, 0.29) is 18.4 Å². The fourth-order valence-electron chi connectivity index (χ4n) is 0.891. The topological polar surface area (TPSA) is 52.3 Å². The molecule has 0 radical (unpaired) electrons. The van der Waals surface area contributed by atoms with Crippen LogP contribution in [0, 0.1) is 0 Å². The minimum absolute atomic E-state index is 0.236. The molecule has 76 valence electrons. The van der Waals surface area contributed by atoms with Gasteiger partial charge >= 0.3 is 5.97 Å². The van der Waals surface area contributed by atoms with E-state index in [1.54, 1.807) is 6.08 Å². The molecule has 1 atom stereocenters. The zero-order valence-corrected chi connectivity index (χ0v) is 8.83. The van der Waals surface area contributed by atoms with Crippen molar-refractivity contribution in [2.45, 2.75) is 45.8 Å². The summed E-state index contributed by atoms with van der Waals surface area (Å²) < 4.78 is 5.10. The van der Waals surface area contributed by atoms with Crippen LogP contribution in [0.5, 0.6) is 0 Å². The zero-order valence-electron chi connectivity index (χ0n) is 8.83. The second-order valence-electron chi connectivity index (χ2n) is 3.98. The first kappa shape index (κ1) is 12.2. The summed E-state index contributed by atoms with van der Waals surface area (Å²) in [5.41, 5.74) is 5.19. The fourth-order valence-corrected chi connectivity index (χ4v) is 0.891. The molecule has 0 aromatic carbocycles. The third kappa shape index (κ3) is 7.53. The highest BCUT2D eigenvalue weighted by atomic mass is 16.6. The maximum absolute atomic E-state index is 11.2. The summed E-state index contributed by atoms with van der Waals surface area (Å²) in [6.07, 6.45) is 3.85. The second-order valence-corrected chi connectivity index (χ2v) is 3.98. The largest absolute Gasteiger partial charge is 0.460 e. The molecule has 2 N–H and O–H groups in total. The highest BCUT2D eigenvalue weighted by Crippen LogP contribution is 2.08. The van der Waals surface area contributed by atoms with Crippen LogP contribution in [0.25, 0.3) is 0 Å². The average Bonchev–Trinajstić information content (AvgIpc) is 1.81. The standard InChI is InChI=1S/C10H19NO2/c1-5-6-8(11)7-9(12)13-10(2,3)4/h5-6,8H,7,11H2,1-4H3/t8-/m0/s1. The molecule has 0 saturated heterocycles. The van der Waals surface area contributed by atoms with Crippen molar-refractivity contribution in [3.8, 4) is 0 Å². The molecule has 0 amide bonds. The zero-order chi connectivity index (χ0) is 10.5. The molecule has 0 unspecified atom stereocenters. The molecular weight excluding hydrogens is 166 g/mol. The van der Waals surface area contributed by atoms with Crippen LogP contribution >= 0.6 is 0 Å². The van der Waals surface area contributed by atoms with Crippen LogP contribution in [0.1, 0.15) is 34.1 Å². The van der Waals surface area contributed by atoms with Crippen molar-refractivity contribution in [1.29, 1.82) is 0 Å². The van der Waals surface area contributed by atoms with Crippen LogP contribution in [0.3, 0.4) is 0 Å². The van der Waals surface area contributed by atoms with Gasteiger partial charge in [-0.05, 0) is 27.7 Å². The molecular formula is C10H19NO2. The molecule has 0 bridgehead atoms. The number of carbonyl (C=O) groups excluding carboxylic acids is 1. The number of nitrogens with two attached hydrogens (primary N) is 1. The Morgan fingerprint density at radius 2 is 2.08 bits per heavy atom. The summed E-state index contributed by atoms with van der Waals surface area (Å²) in [6.45, 7) is 7.39. The molecule has 0 aromatic rings. The summed E-state index contributed by atoms with van der Waals surface area (Å²) in [7, 11) is 0. The van der Waals surface area contributed by atoms with Gasteiger partial charge in [-0.3, -0.25) is 4.79 Å². The lowest BCUT2D eigenvalue weighted by molar-refractivity contribution is -0.154. The van der Waals surface area contributed by atoms with E-state index in [0.29, 0.717) is 0 Å². The second kappa shape index (κ2) is 5.02. The first-order chi connectivity index (χ1) is 5.85. The summed E-state index contributed by atoms with van der Waals surface area (Å²) in [4.78, 5) is 11.2. The molecule has 3 nitrogen and oxygen atoms in total. The highest BCUT2D eigenvalue weighted by molar-refractivity contribution is 5.70. The molecule has 0 aliphatic carbocycles. The Bertz CT molecular complexity index is 192. The number of hydrogen-bond acceptors (Lipinski definition) is 3. The maximum atomic E-state index is 11.2. The van der Waals surface area contributed by atoms with E-state index in [4.69, 9.17) is 10.5 Å². The predicted molar refractivity (Wildman–Crippen MR) is 53.3 cm³/mol. The van der Waals surface area contributed by atoms with Crippen LogP contribution in [0.4, 0.5) is 0 Å². The molecule has 0 aliphatic rings. The first-order valence-corrected chi connectivity index (χ1v) is 4.45. The number of hydrogen-bond donors (Lipinski definition) is 1. The summed E-state index contributed by atoms with van der Waals surface area (Å²) in [5.74, 6) is -0.252. The van der Waals surface area contributed by atoms with Crippen LogP contribution < -0.4 is 5.73 Å². The van der Waals surface area contributed by atoms with E-state index in [1.807, 2.05) is 33.8 Å². The Hall–Kier alpha value is -0.830. The third-order valence-corrected chi connectivity index (χ3v) is 1.26. The third-order valence-electron chi connectivity index (χ3n) is 1.26. The lowest BCUT2D eigenvalue weighted by Gasteiger charge is -2.20. The van der Waals surface area contributed by atoms with Crippen molar-refractivity contribution in [3.63, 3.8) is 0 Å². The molecule has 0 heterocycles. The summed E-state index contributed by atoms with van der Waals surface area (Å²) >= 11 is 0. The summed E-state index contributed by atoms with van der Waals surface area (Å²) in [5, 5.41) is 0. The monoisotopic (exact) mass is 185 g/mol. The molecule has 0 saturated carbocycles. The minimum Gasteiger partial charge on any atom is -0.460 e. The molecule has 0 fully saturated rings. The van der Waals surface area contributed by atoms with E-state index in [0.717, 1.165) is 0 Å². The van der Waals surface area contributed by atoms with E-state index < -0.39 is 5.60 Å². The average molecular weight is 185 g/mol. The van der Waals surface area contributed by atoms with Gasteiger partial charge in [-0.25, -0.2) is 0 Å². The number of esters is 1. The van der Waals surface area contributed by atoms with Crippen LogP contribution in [0.15, 0.2) is 12.2 Å². The molecule has 0 aromatic heterocycles. The fraction of sp³-hybridized carbons (Fsp3) is 0.700. The first-order valence-electron chi connectivity index (χ1n) is 4.45. The number of carbonyl (C=O) groups is 1. The predicted octanol–water partition coefficient (Wildman–Crippen LogP) is 1.62. The number of allylic oxidation sites excluding steroid dienone is 1. The molecule has 3 heteroatoms. The van der Waals surface area contributed by atoms with Crippen LogP contribution in [-0.4, -0.2) is 17.6 Å². The quantitative estimate of drug-likeness (QED) is 0.537. The minimum atomic E-state index is -0.424. The van der Waals surface area contributed by atoms with E-state index in [2.05, 4.69) is 0 Å². The van der Waals surface area contributed by atoms with Crippen molar-refractivity contribution in [1.82, 2.24) is 0 Å². The van der Waals surface area contributed by atoms with Crippen molar-refractivity contribution >= 4 is 5.97 Å². The highest BCUT2D eigenvalue weighted by Gasteiger charge is 2.17. The molecule has 13 heavy (non-hydrogen) atoms. The Balaban J connectivity index is 3.88. The van der Waals surface area contributed by atoms with Gasteiger partial charge in [0, 0.05) is 6.04 Å². The summed E-state index contributed by atoms with van der Waals surface area (Å²) in [6, 6.07) is -0.236. The van der Waals surface area contributed by atoms with Gasteiger partial charge in [0.05, 0.1) is 6.42 Å². The maximum Gasteiger partial charge on any atom is 0.308 e. The lowest BCUT2D eigenvalue weighted by atomic mass is 10.1. The lowest BCUT2D eigenvalue weighted by Crippen LogP contribution is -2.28. The van der Waals surface area contributed by atoms with Gasteiger partial charge in [0.25, 0.3) is 0 Å². The Kier molecular flexibility index (Phi) is 4.70. The van der Waals surface area contributed by atoms with E-state index >= 15 is 0 Å². The SMILES string of the molecule is CC=C[C@H](N)CC(=O)OC(C)(C)C. The van der Waals surface area contributed by atoms with Gasteiger partial charge in [0.15, 0.2) is 0 Å². The number of rotatable bonds is 3. The van der Waals surface area contributed by atoms with Crippen molar-refractivity contribution in [3.05, 3.63) is 12.2 Å². The van der Waals surface area contributed by atoms with Gasteiger partial charge in [0.1, 0.15) is 5.60 Å². The van der Waals surface area contributed by atoms with Crippen molar-refractivity contribution in [2.75, 3.05) is 0 Å². The van der Waals surface area contributed by atoms with Crippen molar-refractivity contribution < 1.29 is 9.53 Å². The van der Waals surface area contributed by atoms with Crippen LogP contribution in [0.2, 0.25) is 0 Å². The Labute approximate surface area is 79.9 Å². The molecule has 0 aliphatic heterocycles. The van der Waals surface area contributed by atoms with Gasteiger partial charge < -0.3 is 10.5 Å². The van der Waals surface area contributed by atoms with Gasteiger partial charge in [-0.15, -0.1) is 0 Å². The number of ether oxygens (including phenoxy) is 1. The van der Waals surface area contributed by atoms with Gasteiger partial charge in [0.2, 0.25) is 0 Å². The Morgan fingerprint density at radius 1 is 1.54 bits per heavy atom. The van der Waals surface area contributed by atoms with Gasteiger partial charge in [-0.1, -0.05) is 12.2 Å².